The molecule has 0 spiro atoms. The lowest BCUT2D eigenvalue weighted by molar-refractivity contribution is 0.264. The number of hydrogen-bond acceptors (Lipinski definition) is 3. The lowest BCUT2D eigenvalue weighted by Crippen LogP contribution is -2.36. The SMILES string of the molecule is CC(Cc1ccncc1)N[C@H](C)CCO. The Balaban J connectivity index is 2.33. The van der Waals surface area contributed by atoms with Crippen molar-refractivity contribution < 1.29 is 5.11 Å². The quantitative estimate of drug-likeness (QED) is 0.742. The van der Waals surface area contributed by atoms with E-state index >= 15 is 0 Å². The van der Waals surface area contributed by atoms with E-state index in [1.54, 1.807) is 0 Å². The van der Waals surface area contributed by atoms with Crippen molar-refractivity contribution in [2.24, 2.45) is 0 Å². The number of aromatic nitrogens is 1. The summed E-state index contributed by atoms with van der Waals surface area (Å²) in [6.45, 7) is 4.50. The first-order valence-electron chi connectivity index (χ1n) is 5.48. The molecule has 0 aromatic carbocycles. The van der Waals surface area contributed by atoms with Crippen LogP contribution in [0.5, 0.6) is 0 Å². The molecule has 1 rings (SSSR count). The zero-order valence-corrected chi connectivity index (χ0v) is 9.48. The molecular weight excluding hydrogens is 188 g/mol. The average Bonchev–Trinajstić information content (AvgIpc) is 2.19. The summed E-state index contributed by atoms with van der Waals surface area (Å²) in [6, 6.07) is 4.87. The first kappa shape index (κ1) is 12.1. The second kappa shape index (κ2) is 6.53. The molecule has 1 aromatic heterocycles. The van der Waals surface area contributed by atoms with Crippen LogP contribution in [0, 0.1) is 0 Å². The molecule has 1 unspecified atom stereocenters. The molecule has 0 aliphatic rings. The van der Waals surface area contributed by atoms with Crippen LogP contribution in [0.25, 0.3) is 0 Å². The number of aliphatic hydroxyl groups excluding tert-OH is 1. The lowest BCUT2D eigenvalue weighted by Gasteiger charge is -2.19. The molecule has 1 heterocycles. The first-order valence-corrected chi connectivity index (χ1v) is 5.48. The topological polar surface area (TPSA) is 45.2 Å². The van der Waals surface area contributed by atoms with Crippen LogP contribution >= 0.6 is 0 Å². The maximum atomic E-state index is 8.79. The van der Waals surface area contributed by atoms with Crippen LogP contribution in [0.1, 0.15) is 25.8 Å². The highest BCUT2D eigenvalue weighted by molar-refractivity contribution is 5.10. The molecule has 0 saturated carbocycles. The van der Waals surface area contributed by atoms with Crippen molar-refractivity contribution in [3.05, 3.63) is 30.1 Å². The van der Waals surface area contributed by atoms with Crippen molar-refractivity contribution in [1.82, 2.24) is 10.3 Å². The van der Waals surface area contributed by atoms with Gasteiger partial charge < -0.3 is 10.4 Å². The van der Waals surface area contributed by atoms with E-state index in [2.05, 4.69) is 24.1 Å². The van der Waals surface area contributed by atoms with Gasteiger partial charge in [0, 0.05) is 31.1 Å². The van der Waals surface area contributed by atoms with Gasteiger partial charge in [-0.05, 0) is 44.4 Å². The van der Waals surface area contributed by atoms with E-state index in [0.717, 1.165) is 12.8 Å². The fraction of sp³-hybridized carbons (Fsp3) is 0.583. The Morgan fingerprint density at radius 3 is 2.53 bits per heavy atom. The minimum atomic E-state index is 0.246. The second-order valence-corrected chi connectivity index (χ2v) is 4.04. The standard InChI is InChI=1S/C12H20N2O/c1-10(5-8-15)14-11(2)9-12-3-6-13-7-4-12/h3-4,6-7,10-11,14-15H,5,8-9H2,1-2H3/t10-,11?/m1/s1. The smallest absolute Gasteiger partial charge is 0.0445 e. The molecule has 0 fully saturated rings. The molecule has 2 atom stereocenters. The van der Waals surface area contributed by atoms with Gasteiger partial charge in [0.25, 0.3) is 0 Å². The summed E-state index contributed by atoms with van der Waals surface area (Å²) in [5.74, 6) is 0. The van der Waals surface area contributed by atoms with Gasteiger partial charge in [0.2, 0.25) is 0 Å². The third-order valence-corrected chi connectivity index (χ3v) is 2.42. The van der Waals surface area contributed by atoms with E-state index in [-0.39, 0.29) is 6.61 Å². The number of hydrogen-bond donors (Lipinski definition) is 2. The zero-order chi connectivity index (χ0) is 11.1. The van der Waals surface area contributed by atoms with Crippen molar-refractivity contribution >= 4 is 0 Å². The highest BCUT2D eigenvalue weighted by Crippen LogP contribution is 2.02. The molecule has 84 valence electrons. The molecule has 0 aliphatic heterocycles. The molecule has 0 aliphatic carbocycles. The second-order valence-electron chi connectivity index (χ2n) is 4.04. The summed E-state index contributed by atoms with van der Waals surface area (Å²) in [4.78, 5) is 3.99. The van der Waals surface area contributed by atoms with E-state index in [1.165, 1.54) is 5.56 Å². The average molecular weight is 208 g/mol. The molecule has 3 heteroatoms. The third kappa shape index (κ3) is 4.91. The Bertz CT molecular complexity index is 264. The van der Waals surface area contributed by atoms with Gasteiger partial charge >= 0.3 is 0 Å². The monoisotopic (exact) mass is 208 g/mol. The van der Waals surface area contributed by atoms with Gasteiger partial charge in [-0.2, -0.15) is 0 Å². The number of aliphatic hydroxyl groups is 1. The molecule has 3 nitrogen and oxygen atoms in total. The van der Waals surface area contributed by atoms with Crippen molar-refractivity contribution in [1.29, 1.82) is 0 Å². The maximum Gasteiger partial charge on any atom is 0.0445 e. The molecule has 15 heavy (non-hydrogen) atoms. The summed E-state index contributed by atoms with van der Waals surface area (Å²) in [5, 5.41) is 12.2. The van der Waals surface area contributed by atoms with Gasteiger partial charge in [0.1, 0.15) is 0 Å². The fourth-order valence-electron chi connectivity index (χ4n) is 1.69. The Morgan fingerprint density at radius 1 is 1.27 bits per heavy atom. The van der Waals surface area contributed by atoms with Crippen LogP contribution in [0.2, 0.25) is 0 Å². The largest absolute Gasteiger partial charge is 0.396 e. The van der Waals surface area contributed by atoms with Crippen LogP contribution in [-0.4, -0.2) is 28.8 Å². The fourth-order valence-corrected chi connectivity index (χ4v) is 1.69. The van der Waals surface area contributed by atoms with E-state index in [0.29, 0.717) is 12.1 Å². The first-order chi connectivity index (χ1) is 7.22. The van der Waals surface area contributed by atoms with Crippen LogP contribution < -0.4 is 5.32 Å². The van der Waals surface area contributed by atoms with Crippen molar-refractivity contribution in [3.8, 4) is 0 Å². The van der Waals surface area contributed by atoms with Crippen LogP contribution in [0.4, 0.5) is 0 Å². The molecule has 0 radical (unpaired) electrons. The van der Waals surface area contributed by atoms with E-state index in [4.69, 9.17) is 5.11 Å². The van der Waals surface area contributed by atoms with Gasteiger partial charge in [-0.25, -0.2) is 0 Å². The summed E-state index contributed by atoms with van der Waals surface area (Å²) in [5.41, 5.74) is 1.29. The van der Waals surface area contributed by atoms with Crippen molar-refractivity contribution in [2.45, 2.75) is 38.8 Å². The molecule has 0 bridgehead atoms. The van der Waals surface area contributed by atoms with Gasteiger partial charge in [-0.1, -0.05) is 0 Å². The van der Waals surface area contributed by atoms with Gasteiger partial charge in [0.05, 0.1) is 0 Å². The number of nitrogens with zero attached hydrogens (tertiary/aromatic N) is 1. The third-order valence-electron chi connectivity index (χ3n) is 2.42. The van der Waals surface area contributed by atoms with E-state index in [9.17, 15) is 0 Å². The van der Waals surface area contributed by atoms with Crippen molar-refractivity contribution in [2.75, 3.05) is 6.61 Å². The maximum absolute atomic E-state index is 8.79. The van der Waals surface area contributed by atoms with Crippen LogP contribution in [0.15, 0.2) is 24.5 Å². The van der Waals surface area contributed by atoms with Gasteiger partial charge in [-0.3, -0.25) is 4.98 Å². The highest BCUT2D eigenvalue weighted by atomic mass is 16.3. The number of rotatable bonds is 6. The molecule has 1 aromatic rings. The molecular formula is C12H20N2O. The highest BCUT2D eigenvalue weighted by Gasteiger charge is 2.07. The lowest BCUT2D eigenvalue weighted by atomic mass is 10.1. The zero-order valence-electron chi connectivity index (χ0n) is 9.48. The van der Waals surface area contributed by atoms with Crippen molar-refractivity contribution in [3.63, 3.8) is 0 Å². The van der Waals surface area contributed by atoms with E-state index < -0.39 is 0 Å². The Hall–Kier alpha value is -0.930. The predicted molar refractivity (Wildman–Crippen MR) is 61.7 cm³/mol. The summed E-state index contributed by atoms with van der Waals surface area (Å²) in [7, 11) is 0. The number of pyridine rings is 1. The minimum Gasteiger partial charge on any atom is -0.396 e. The Kier molecular flexibility index (Phi) is 5.29. The Labute approximate surface area is 91.5 Å². The minimum absolute atomic E-state index is 0.246. The normalized spacial score (nSPS) is 14.9. The van der Waals surface area contributed by atoms with Gasteiger partial charge in [0.15, 0.2) is 0 Å². The van der Waals surface area contributed by atoms with E-state index in [1.807, 2.05) is 24.5 Å². The number of nitrogens with one attached hydrogen (secondary N) is 1. The summed E-state index contributed by atoms with van der Waals surface area (Å²) in [6.07, 6.45) is 5.44. The van der Waals surface area contributed by atoms with Gasteiger partial charge in [-0.15, -0.1) is 0 Å². The Morgan fingerprint density at radius 2 is 1.93 bits per heavy atom. The molecule has 0 amide bonds. The predicted octanol–water partition coefficient (Wildman–Crippen LogP) is 1.37. The molecule has 0 saturated heterocycles. The van der Waals surface area contributed by atoms with Crippen LogP contribution in [0.3, 0.4) is 0 Å². The molecule has 2 N–H and O–H groups in total. The van der Waals surface area contributed by atoms with Crippen LogP contribution in [-0.2, 0) is 6.42 Å². The summed E-state index contributed by atoms with van der Waals surface area (Å²) >= 11 is 0. The summed E-state index contributed by atoms with van der Waals surface area (Å²) < 4.78 is 0.